The van der Waals surface area contributed by atoms with Gasteiger partial charge in [0.15, 0.2) is 5.89 Å². The molecule has 15 heavy (non-hydrogen) atoms. The van der Waals surface area contributed by atoms with Gasteiger partial charge in [-0.1, -0.05) is 49.0 Å². The van der Waals surface area contributed by atoms with Crippen molar-refractivity contribution in [3.63, 3.8) is 0 Å². The van der Waals surface area contributed by atoms with Crippen LogP contribution in [-0.4, -0.2) is 4.98 Å². The van der Waals surface area contributed by atoms with Crippen LogP contribution in [0.4, 0.5) is 0 Å². The largest absolute Gasteiger partial charge is 0.445 e. The average Bonchev–Trinajstić information content (AvgIpc) is 2.47. The minimum Gasteiger partial charge on any atom is -0.445 e. The van der Waals surface area contributed by atoms with Crippen molar-refractivity contribution in [3.05, 3.63) is 17.3 Å². The van der Waals surface area contributed by atoms with Crippen LogP contribution in [0, 0.1) is 0 Å². The summed E-state index contributed by atoms with van der Waals surface area (Å²) in [5, 5.41) is 0. The van der Waals surface area contributed by atoms with E-state index in [1.165, 1.54) is 0 Å². The lowest BCUT2D eigenvalue weighted by molar-refractivity contribution is 0.420. The molecule has 0 atom stereocenters. The number of hydrogen-bond acceptors (Lipinski definition) is 2. The van der Waals surface area contributed by atoms with Crippen LogP contribution >= 0.6 is 0 Å². The Balaban J connectivity index is 0.00000196. The number of hydrogen-bond donors (Lipinski definition) is 0. The molecule has 0 unspecified atom stereocenters. The van der Waals surface area contributed by atoms with Gasteiger partial charge in [-0.25, -0.2) is 4.98 Å². The summed E-state index contributed by atoms with van der Waals surface area (Å²) in [5.41, 5.74) is 1.13. The maximum Gasteiger partial charge on any atom is 0.197 e. The zero-order valence-electron chi connectivity index (χ0n) is 10.1. The van der Waals surface area contributed by atoms with Crippen LogP contribution in [0.3, 0.4) is 0 Å². The summed E-state index contributed by atoms with van der Waals surface area (Å²) in [7, 11) is 0. The number of oxazole rings is 1. The molecule has 0 spiro atoms. The molecule has 2 heteroatoms. The molecule has 0 fully saturated rings. The molecule has 1 aromatic heterocycles. The molecule has 0 aromatic carbocycles. The van der Waals surface area contributed by atoms with Crippen molar-refractivity contribution in [2.24, 2.45) is 0 Å². The van der Waals surface area contributed by atoms with Crippen LogP contribution in [0.1, 0.15) is 84.1 Å². The predicted molar refractivity (Wildman–Crippen MR) is 65.5 cm³/mol. The van der Waals surface area contributed by atoms with Crippen LogP contribution in [-0.2, 0) is 0 Å². The summed E-state index contributed by atoms with van der Waals surface area (Å²) < 4.78 is 5.79. The van der Waals surface area contributed by atoms with E-state index < -0.39 is 0 Å². The van der Waals surface area contributed by atoms with Gasteiger partial charge in [0.05, 0.1) is 5.69 Å². The Morgan fingerprint density at radius 1 is 0.867 bits per heavy atom. The predicted octanol–water partition coefficient (Wildman–Crippen LogP) is 4.68. The van der Waals surface area contributed by atoms with Gasteiger partial charge in [-0.3, -0.25) is 0 Å². The number of nitrogens with zero attached hydrogens (tertiary/aromatic N) is 1. The molecule has 2 nitrogen and oxygen atoms in total. The highest BCUT2D eigenvalue weighted by Crippen LogP contribution is 2.29. The summed E-state index contributed by atoms with van der Waals surface area (Å²) in [4.78, 5) is 4.56. The normalized spacial score (nSPS) is 11.3. The Kier molecular flexibility index (Phi) is 5.06. The smallest absolute Gasteiger partial charge is 0.197 e. The lowest BCUT2D eigenvalue weighted by Crippen LogP contribution is -1.95. The van der Waals surface area contributed by atoms with Gasteiger partial charge in [-0.2, -0.15) is 0 Å². The van der Waals surface area contributed by atoms with Crippen LogP contribution in [0.2, 0.25) is 0 Å². The van der Waals surface area contributed by atoms with Gasteiger partial charge in [-0.15, -0.1) is 0 Å². The summed E-state index contributed by atoms with van der Waals surface area (Å²) in [6, 6.07) is 0. The molecular weight excluding hydrogens is 186 g/mol. The fourth-order valence-corrected chi connectivity index (χ4v) is 1.44. The van der Waals surface area contributed by atoms with E-state index in [2.05, 4.69) is 46.5 Å². The maximum atomic E-state index is 5.79. The van der Waals surface area contributed by atoms with Gasteiger partial charge in [0.25, 0.3) is 0 Å². The van der Waals surface area contributed by atoms with Crippen molar-refractivity contribution in [2.45, 2.75) is 66.7 Å². The molecule has 0 saturated heterocycles. The second-order valence-electron chi connectivity index (χ2n) is 4.77. The van der Waals surface area contributed by atoms with Crippen LogP contribution in [0.15, 0.2) is 4.42 Å². The first-order valence-corrected chi connectivity index (χ1v) is 5.44. The first-order valence-electron chi connectivity index (χ1n) is 5.44. The van der Waals surface area contributed by atoms with Crippen LogP contribution < -0.4 is 0 Å². The molecule has 0 aliphatic rings. The third-order valence-corrected chi connectivity index (χ3v) is 2.26. The molecule has 0 aliphatic heterocycles. The molecule has 0 bridgehead atoms. The monoisotopic (exact) mass is 211 g/mol. The van der Waals surface area contributed by atoms with Crippen molar-refractivity contribution >= 4 is 0 Å². The van der Waals surface area contributed by atoms with E-state index in [0.717, 1.165) is 17.3 Å². The second-order valence-corrected chi connectivity index (χ2v) is 4.77. The van der Waals surface area contributed by atoms with Gasteiger partial charge >= 0.3 is 0 Å². The van der Waals surface area contributed by atoms with E-state index in [-0.39, 0.29) is 7.43 Å². The molecule has 0 N–H and O–H groups in total. The zero-order valence-corrected chi connectivity index (χ0v) is 10.1. The SMILES string of the molecule is C.CC(C)c1nc(C(C)C)c(C(C)C)o1. The maximum absolute atomic E-state index is 5.79. The molecule has 1 aromatic rings. The lowest BCUT2D eigenvalue weighted by Gasteiger charge is -2.05. The Bertz CT molecular complexity index is 272. The van der Waals surface area contributed by atoms with E-state index in [9.17, 15) is 0 Å². The third-order valence-electron chi connectivity index (χ3n) is 2.26. The van der Waals surface area contributed by atoms with E-state index >= 15 is 0 Å². The van der Waals surface area contributed by atoms with E-state index in [1.54, 1.807) is 0 Å². The van der Waals surface area contributed by atoms with Crippen molar-refractivity contribution in [3.8, 4) is 0 Å². The fraction of sp³-hybridized carbons (Fsp3) is 0.769. The Labute approximate surface area is 94.1 Å². The molecular formula is C13H25NO. The van der Waals surface area contributed by atoms with Crippen molar-refractivity contribution < 1.29 is 4.42 Å². The molecule has 0 radical (unpaired) electrons. The first-order chi connectivity index (χ1) is 6.43. The van der Waals surface area contributed by atoms with Gasteiger partial charge < -0.3 is 4.42 Å². The minimum atomic E-state index is 0. The average molecular weight is 211 g/mol. The van der Waals surface area contributed by atoms with E-state index in [0.29, 0.717) is 17.8 Å². The molecule has 0 amide bonds. The summed E-state index contributed by atoms with van der Waals surface area (Å²) in [5.74, 6) is 3.18. The van der Waals surface area contributed by atoms with Crippen LogP contribution in [0.5, 0.6) is 0 Å². The summed E-state index contributed by atoms with van der Waals surface area (Å²) >= 11 is 0. The van der Waals surface area contributed by atoms with E-state index in [1.807, 2.05) is 0 Å². The quantitative estimate of drug-likeness (QED) is 0.725. The summed E-state index contributed by atoms with van der Waals surface area (Å²) in [6.45, 7) is 12.8. The van der Waals surface area contributed by atoms with Crippen molar-refractivity contribution in [1.82, 2.24) is 4.98 Å². The highest BCUT2D eigenvalue weighted by molar-refractivity contribution is 5.17. The molecule has 88 valence electrons. The Morgan fingerprint density at radius 3 is 1.67 bits per heavy atom. The highest BCUT2D eigenvalue weighted by atomic mass is 16.4. The van der Waals surface area contributed by atoms with Gasteiger partial charge in [0.1, 0.15) is 5.76 Å². The molecule has 1 rings (SSSR count). The standard InChI is InChI=1S/C12H21NO.CH4/c1-7(2)10-11(8(3)4)14-12(13-10)9(5)6;/h7-9H,1-6H3;1H4. The van der Waals surface area contributed by atoms with Gasteiger partial charge in [-0.05, 0) is 5.92 Å². The van der Waals surface area contributed by atoms with Gasteiger partial charge in [0.2, 0.25) is 0 Å². The summed E-state index contributed by atoms with van der Waals surface area (Å²) in [6.07, 6.45) is 0. The highest BCUT2D eigenvalue weighted by Gasteiger charge is 2.19. The fourth-order valence-electron chi connectivity index (χ4n) is 1.44. The lowest BCUT2D eigenvalue weighted by atomic mass is 10.0. The molecule has 1 heterocycles. The van der Waals surface area contributed by atoms with Crippen LogP contribution in [0.25, 0.3) is 0 Å². The topological polar surface area (TPSA) is 26.0 Å². The molecule has 0 aliphatic carbocycles. The van der Waals surface area contributed by atoms with E-state index in [4.69, 9.17) is 4.42 Å². The first kappa shape index (κ1) is 14.2. The number of aromatic nitrogens is 1. The zero-order chi connectivity index (χ0) is 10.9. The van der Waals surface area contributed by atoms with Crippen molar-refractivity contribution in [2.75, 3.05) is 0 Å². The molecule has 0 saturated carbocycles. The second kappa shape index (κ2) is 5.34. The minimum absolute atomic E-state index is 0. The Hall–Kier alpha value is -0.790. The number of rotatable bonds is 3. The van der Waals surface area contributed by atoms with Crippen molar-refractivity contribution in [1.29, 1.82) is 0 Å². The third kappa shape index (κ3) is 3.08. The van der Waals surface area contributed by atoms with Gasteiger partial charge in [0, 0.05) is 11.8 Å². The Morgan fingerprint density at radius 2 is 1.40 bits per heavy atom.